The molecule has 5 nitrogen and oxygen atoms in total. The lowest BCUT2D eigenvalue weighted by molar-refractivity contribution is 0.222. The van der Waals surface area contributed by atoms with Gasteiger partial charge in [0.25, 0.3) is 0 Å². The van der Waals surface area contributed by atoms with Crippen LogP contribution in [0.25, 0.3) is 5.70 Å². The van der Waals surface area contributed by atoms with Crippen LogP contribution in [0, 0.1) is 11.6 Å². The van der Waals surface area contributed by atoms with Crippen LogP contribution in [0.3, 0.4) is 0 Å². The summed E-state index contributed by atoms with van der Waals surface area (Å²) < 4.78 is 36.8. The minimum Gasteiger partial charge on any atom is -0.480 e. The Hall–Kier alpha value is -3.71. The summed E-state index contributed by atoms with van der Waals surface area (Å²) in [5, 5.41) is 8.23. The lowest BCUT2D eigenvalue weighted by Crippen LogP contribution is -2.32. The summed E-state index contributed by atoms with van der Waals surface area (Å²) >= 11 is 6.30. The molecule has 0 radical (unpaired) electrons. The molecule has 3 heterocycles. The maximum atomic E-state index is 15.1. The third-order valence-corrected chi connectivity index (χ3v) is 5.98. The Bertz CT molecular complexity index is 1380. The zero-order valence-electron chi connectivity index (χ0n) is 16.5. The van der Waals surface area contributed by atoms with Crippen LogP contribution in [0.1, 0.15) is 28.8 Å². The SMILES string of the molecule is Fc1ccc([C@@H]2Oc3ccc(Cl)cc3C3=C2[C@H](c2ccccc2F)n2ncnc2N3)cc1. The minimum absolute atomic E-state index is 0.350. The Morgan fingerprint density at radius 3 is 2.62 bits per heavy atom. The van der Waals surface area contributed by atoms with Gasteiger partial charge >= 0.3 is 0 Å². The summed E-state index contributed by atoms with van der Waals surface area (Å²) in [5.74, 6) is 0.359. The van der Waals surface area contributed by atoms with E-state index in [0.717, 1.165) is 22.4 Å². The standard InChI is InChI=1S/C24H15ClF2N4O/c25-14-7-10-19-17(11-14)21-20(23(32-19)13-5-8-15(26)9-6-13)22(16-3-1-2-4-18(16)27)31-24(30-21)28-12-29-31/h1-12,22-23H,(H,28,29,30)/t22-,23-/m0/s1. The summed E-state index contributed by atoms with van der Waals surface area (Å²) in [7, 11) is 0. The van der Waals surface area contributed by atoms with Gasteiger partial charge in [0, 0.05) is 21.7 Å². The molecule has 1 aromatic heterocycles. The van der Waals surface area contributed by atoms with E-state index in [1.165, 1.54) is 24.5 Å². The van der Waals surface area contributed by atoms with E-state index in [4.69, 9.17) is 16.3 Å². The maximum absolute atomic E-state index is 15.1. The lowest BCUT2D eigenvalue weighted by atomic mass is 9.84. The minimum atomic E-state index is -0.632. The van der Waals surface area contributed by atoms with Gasteiger partial charge in [-0.2, -0.15) is 10.1 Å². The molecule has 3 aromatic carbocycles. The Kier molecular flexibility index (Phi) is 4.26. The fraction of sp³-hybridized carbons (Fsp3) is 0.0833. The summed E-state index contributed by atoms with van der Waals surface area (Å²) in [5.41, 5.74) is 3.34. The number of nitrogens with zero attached hydrogens (tertiary/aromatic N) is 3. The van der Waals surface area contributed by atoms with E-state index in [-0.39, 0.29) is 11.6 Å². The van der Waals surface area contributed by atoms with Crippen LogP contribution >= 0.6 is 11.6 Å². The number of ether oxygens (including phenoxy) is 1. The van der Waals surface area contributed by atoms with Crippen molar-refractivity contribution < 1.29 is 13.5 Å². The first-order valence-electron chi connectivity index (χ1n) is 9.97. The van der Waals surface area contributed by atoms with E-state index < -0.39 is 12.1 Å². The van der Waals surface area contributed by atoms with Crippen LogP contribution < -0.4 is 10.1 Å². The molecule has 8 heteroatoms. The number of benzene rings is 3. The summed E-state index contributed by atoms with van der Waals surface area (Å²) in [6.07, 6.45) is 0.801. The van der Waals surface area contributed by atoms with E-state index in [1.807, 2.05) is 0 Å². The molecular formula is C24H15ClF2N4O. The second-order valence-corrected chi connectivity index (χ2v) is 8.03. The predicted octanol–water partition coefficient (Wildman–Crippen LogP) is 5.77. The fourth-order valence-electron chi connectivity index (χ4n) is 4.35. The van der Waals surface area contributed by atoms with E-state index >= 15 is 4.39 Å². The second-order valence-electron chi connectivity index (χ2n) is 7.60. The summed E-state index contributed by atoms with van der Waals surface area (Å²) in [4.78, 5) is 4.32. The van der Waals surface area contributed by atoms with Crippen molar-refractivity contribution in [2.75, 3.05) is 5.32 Å². The molecule has 0 aliphatic carbocycles. The van der Waals surface area contributed by atoms with Gasteiger partial charge in [0.15, 0.2) is 0 Å². The van der Waals surface area contributed by atoms with Crippen LogP contribution in [-0.4, -0.2) is 14.8 Å². The molecule has 1 N–H and O–H groups in total. The molecule has 0 saturated heterocycles. The van der Waals surface area contributed by atoms with Crippen LogP contribution in [0.5, 0.6) is 5.75 Å². The van der Waals surface area contributed by atoms with E-state index in [2.05, 4.69) is 15.4 Å². The number of hydrogen-bond donors (Lipinski definition) is 1. The first-order chi connectivity index (χ1) is 15.6. The van der Waals surface area contributed by atoms with Gasteiger partial charge in [0.2, 0.25) is 5.95 Å². The van der Waals surface area contributed by atoms with Gasteiger partial charge < -0.3 is 10.1 Å². The first-order valence-corrected chi connectivity index (χ1v) is 10.3. The van der Waals surface area contributed by atoms with Crippen molar-refractivity contribution in [2.45, 2.75) is 12.1 Å². The number of aromatic nitrogens is 3. The number of halogens is 3. The van der Waals surface area contributed by atoms with Crippen LogP contribution in [0.15, 0.2) is 78.6 Å². The van der Waals surface area contributed by atoms with Crippen molar-refractivity contribution >= 4 is 23.2 Å². The zero-order valence-corrected chi connectivity index (χ0v) is 17.2. The Balaban J connectivity index is 1.65. The number of anilines is 1. The number of hydrogen-bond acceptors (Lipinski definition) is 4. The van der Waals surface area contributed by atoms with Crippen LogP contribution in [0.4, 0.5) is 14.7 Å². The van der Waals surface area contributed by atoms with Crippen molar-refractivity contribution in [2.24, 2.45) is 0 Å². The van der Waals surface area contributed by atoms with Crippen molar-refractivity contribution in [1.29, 1.82) is 0 Å². The van der Waals surface area contributed by atoms with Crippen LogP contribution in [-0.2, 0) is 0 Å². The van der Waals surface area contributed by atoms with Gasteiger partial charge in [-0.1, -0.05) is 41.9 Å². The van der Waals surface area contributed by atoms with Gasteiger partial charge in [0.05, 0.1) is 5.70 Å². The molecule has 0 fully saturated rings. The largest absolute Gasteiger partial charge is 0.480 e. The van der Waals surface area contributed by atoms with Crippen LogP contribution in [0.2, 0.25) is 5.02 Å². The van der Waals surface area contributed by atoms with Gasteiger partial charge in [-0.05, 0) is 42.0 Å². The normalized spacial score (nSPS) is 18.8. The Morgan fingerprint density at radius 1 is 1.00 bits per heavy atom. The molecule has 0 unspecified atom stereocenters. The molecule has 2 aliphatic heterocycles. The second kappa shape index (κ2) is 7.17. The van der Waals surface area contributed by atoms with Crippen molar-refractivity contribution in [3.63, 3.8) is 0 Å². The Labute approximate surface area is 186 Å². The maximum Gasteiger partial charge on any atom is 0.226 e. The lowest BCUT2D eigenvalue weighted by Gasteiger charge is -2.39. The highest BCUT2D eigenvalue weighted by atomic mass is 35.5. The number of rotatable bonds is 2. The van der Waals surface area contributed by atoms with Gasteiger partial charge in [-0.3, -0.25) is 0 Å². The molecule has 32 heavy (non-hydrogen) atoms. The van der Waals surface area contributed by atoms with Gasteiger partial charge in [0.1, 0.15) is 35.9 Å². The molecule has 0 bridgehead atoms. The third kappa shape index (κ3) is 2.89. The highest BCUT2D eigenvalue weighted by Gasteiger charge is 2.41. The quantitative estimate of drug-likeness (QED) is 0.423. The molecule has 2 atom stereocenters. The zero-order chi connectivity index (χ0) is 21.8. The van der Waals surface area contributed by atoms with E-state index in [1.54, 1.807) is 53.2 Å². The third-order valence-electron chi connectivity index (χ3n) is 5.75. The monoisotopic (exact) mass is 448 g/mol. The number of nitrogens with one attached hydrogen (secondary N) is 1. The predicted molar refractivity (Wildman–Crippen MR) is 116 cm³/mol. The highest BCUT2D eigenvalue weighted by molar-refractivity contribution is 6.30. The Morgan fingerprint density at radius 2 is 1.81 bits per heavy atom. The molecule has 0 spiro atoms. The molecule has 4 aromatic rings. The van der Waals surface area contributed by atoms with Crippen molar-refractivity contribution in [1.82, 2.24) is 14.8 Å². The molecule has 158 valence electrons. The van der Waals surface area contributed by atoms with Gasteiger partial charge in [-0.25, -0.2) is 13.5 Å². The molecule has 2 aliphatic rings. The van der Waals surface area contributed by atoms with E-state index in [9.17, 15) is 4.39 Å². The average molecular weight is 449 g/mol. The first kappa shape index (κ1) is 19.0. The molecule has 0 amide bonds. The summed E-state index contributed by atoms with van der Waals surface area (Å²) in [6.45, 7) is 0. The highest BCUT2D eigenvalue weighted by Crippen LogP contribution is 2.51. The molecule has 0 saturated carbocycles. The number of fused-ring (bicyclic) bond motifs is 3. The smallest absolute Gasteiger partial charge is 0.226 e. The molecule has 6 rings (SSSR count). The van der Waals surface area contributed by atoms with Crippen molar-refractivity contribution in [3.8, 4) is 5.75 Å². The summed E-state index contributed by atoms with van der Waals surface area (Å²) in [6, 6.07) is 17.3. The van der Waals surface area contributed by atoms with Crippen molar-refractivity contribution in [3.05, 3.63) is 112 Å². The fourth-order valence-corrected chi connectivity index (χ4v) is 4.52. The van der Waals surface area contributed by atoms with E-state index in [0.29, 0.717) is 22.3 Å². The average Bonchev–Trinajstić information content (AvgIpc) is 3.27. The topological polar surface area (TPSA) is 52.0 Å². The van der Waals surface area contributed by atoms with Gasteiger partial charge in [-0.15, -0.1) is 0 Å². The molecular weight excluding hydrogens is 434 g/mol.